The molecule has 5 nitrogen and oxygen atoms in total. The van der Waals surface area contributed by atoms with Crippen LogP contribution in [0.2, 0.25) is 0 Å². The number of H-pyrrole nitrogens is 1. The highest BCUT2D eigenvalue weighted by Crippen LogP contribution is 2.38. The van der Waals surface area contributed by atoms with E-state index in [1.807, 2.05) is 13.0 Å². The van der Waals surface area contributed by atoms with Crippen LogP contribution in [0.4, 0.5) is 0 Å². The molecule has 158 valence electrons. The first-order chi connectivity index (χ1) is 14.0. The molecule has 1 fully saturated rings. The quantitative estimate of drug-likeness (QED) is 0.638. The summed E-state index contributed by atoms with van der Waals surface area (Å²) >= 11 is 0. The summed E-state index contributed by atoms with van der Waals surface area (Å²) in [5.74, 6) is 0.590. The van der Waals surface area contributed by atoms with Gasteiger partial charge in [-0.1, -0.05) is 44.2 Å². The van der Waals surface area contributed by atoms with E-state index < -0.39 is 0 Å². The monoisotopic (exact) mass is 397 g/mol. The average molecular weight is 398 g/mol. The van der Waals surface area contributed by atoms with E-state index in [-0.39, 0.29) is 11.4 Å². The minimum atomic E-state index is -0.362. The van der Waals surface area contributed by atoms with Gasteiger partial charge in [0.15, 0.2) is 0 Å². The molecule has 0 aliphatic carbocycles. The number of ether oxygens (including phenoxy) is 1. The predicted octanol–water partition coefficient (Wildman–Crippen LogP) is 4.39. The van der Waals surface area contributed by atoms with E-state index in [0.717, 1.165) is 63.1 Å². The zero-order valence-corrected chi connectivity index (χ0v) is 18.1. The summed E-state index contributed by atoms with van der Waals surface area (Å²) in [7, 11) is 0. The standard InChI is InChI=1S/C24H35N3O2/c1-4-29-23(28)24(11-10-20-8-6-5-7-9-20)12-14-27(15-13-24)18-22-17-21(25-26-22)16-19(2)3/h5-9,17,19H,4,10-16,18H2,1-3H3,(H,25,26). The normalized spacial score (nSPS) is 16.8. The first-order valence-electron chi connectivity index (χ1n) is 11.0. The highest BCUT2D eigenvalue weighted by Gasteiger charge is 2.42. The molecule has 1 saturated heterocycles. The Hall–Kier alpha value is -2.14. The van der Waals surface area contributed by atoms with Crippen LogP contribution < -0.4 is 0 Å². The molecule has 0 amide bonds. The first kappa shape index (κ1) is 21.6. The number of aromatic nitrogens is 2. The molecule has 3 rings (SSSR count). The molecule has 0 unspecified atom stereocenters. The van der Waals surface area contributed by atoms with E-state index in [1.165, 1.54) is 5.56 Å². The van der Waals surface area contributed by atoms with Crippen molar-refractivity contribution in [2.24, 2.45) is 11.3 Å². The van der Waals surface area contributed by atoms with Crippen molar-refractivity contribution in [1.29, 1.82) is 0 Å². The molecular weight excluding hydrogens is 362 g/mol. The summed E-state index contributed by atoms with van der Waals surface area (Å²) in [6.45, 7) is 9.45. The summed E-state index contributed by atoms with van der Waals surface area (Å²) in [6, 6.07) is 12.6. The Balaban J connectivity index is 1.59. The lowest BCUT2D eigenvalue weighted by atomic mass is 9.74. The predicted molar refractivity (Wildman–Crippen MR) is 115 cm³/mol. The number of carbonyl (C=O) groups excluding carboxylic acids is 1. The number of benzene rings is 1. The van der Waals surface area contributed by atoms with Gasteiger partial charge in [0, 0.05) is 12.2 Å². The molecule has 5 heteroatoms. The van der Waals surface area contributed by atoms with Crippen molar-refractivity contribution in [2.45, 2.75) is 59.4 Å². The van der Waals surface area contributed by atoms with Gasteiger partial charge in [0.2, 0.25) is 0 Å². The third-order valence-corrected chi connectivity index (χ3v) is 5.95. The molecule has 1 N–H and O–H groups in total. The van der Waals surface area contributed by atoms with Crippen LogP contribution in [0, 0.1) is 11.3 Å². The molecule has 0 radical (unpaired) electrons. The summed E-state index contributed by atoms with van der Waals surface area (Å²) in [4.78, 5) is 15.3. The van der Waals surface area contributed by atoms with Crippen molar-refractivity contribution in [3.63, 3.8) is 0 Å². The Morgan fingerprint density at radius 2 is 1.97 bits per heavy atom. The molecule has 1 aliphatic heterocycles. The molecule has 2 aromatic rings. The number of likely N-dealkylation sites (tertiary alicyclic amines) is 1. The Labute approximate surface area is 174 Å². The van der Waals surface area contributed by atoms with Crippen molar-refractivity contribution in [3.8, 4) is 0 Å². The number of nitrogens with zero attached hydrogens (tertiary/aromatic N) is 2. The second kappa shape index (κ2) is 10.1. The van der Waals surface area contributed by atoms with Crippen LogP contribution in [0.3, 0.4) is 0 Å². The maximum atomic E-state index is 12.9. The fourth-order valence-corrected chi connectivity index (χ4v) is 4.26. The third-order valence-electron chi connectivity index (χ3n) is 5.95. The van der Waals surface area contributed by atoms with Crippen LogP contribution >= 0.6 is 0 Å². The zero-order valence-electron chi connectivity index (χ0n) is 18.1. The van der Waals surface area contributed by atoms with Gasteiger partial charge in [0.05, 0.1) is 17.7 Å². The van der Waals surface area contributed by atoms with E-state index in [2.05, 4.69) is 59.3 Å². The van der Waals surface area contributed by atoms with Gasteiger partial charge in [-0.05, 0) is 69.7 Å². The molecule has 29 heavy (non-hydrogen) atoms. The molecule has 1 aromatic carbocycles. The lowest BCUT2D eigenvalue weighted by Gasteiger charge is -2.40. The SMILES string of the molecule is CCOC(=O)C1(CCc2ccccc2)CCN(Cc2cc(CC(C)C)n[nH]2)CC1. The van der Waals surface area contributed by atoms with E-state index in [9.17, 15) is 4.79 Å². The van der Waals surface area contributed by atoms with E-state index in [4.69, 9.17) is 4.74 Å². The van der Waals surface area contributed by atoms with Gasteiger partial charge >= 0.3 is 5.97 Å². The zero-order chi connectivity index (χ0) is 20.7. The molecule has 0 bridgehead atoms. The number of hydrogen-bond acceptors (Lipinski definition) is 4. The number of esters is 1. The molecular formula is C24H35N3O2. The van der Waals surface area contributed by atoms with Gasteiger partial charge in [-0.2, -0.15) is 5.10 Å². The number of aryl methyl sites for hydroxylation is 1. The number of carbonyl (C=O) groups is 1. The second-order valence-electron chi connectivity index (χ2n) is 8.75. The van der Waals surface area contributed by atoms with Crippen molar-refractivity contribution in [1.82, 2.24) is 15.1 Å². The van der Waals surface area contributed by atoms with Gasteiger partial charge in [-0.25, -0.2) is 0 Å². The van der Waals surface area contributed by atoms with Gasteiger partial charge < -0.3 is 4.74 Å². The molecule has 1 aromatic heterocycles. The molecule has 0 atom stereocenters. The van der Waals surface area contributed by atoms with Crippen LogP contribution in [0.25, 0.3) is 0 Å². The highest BCUT2D eigenvalue weighted by molar-refractivity contribution is 5.77. The number of nitrogens with one attached hydrogen (secondary N) is 1. The molecule has 2 heterocycles. The number of hydrogen-bond donors (Lipinski definition) is 1. The summed E-state index contributed by atoms with van der Waals surface area (Å²) in [5, 5.41) is 7.63. The Morgan fingerprint density at radius 3 is 2.62 bits per heavy atom. The van der Waals surface area contributed by atoms with Gasteiger partial charge in [-0.15, -0.1) is 0 Å². The molecule has 1 aliphatic rings. The largest absolute Gasteiger partial charge is 0.466 e. The fraction of sp³-hybridized carbons (Fsp3) is 0.583. The van der Waals surface area contributed by atoms with Crippen molar-refractivity contribution < 1.29 is 9.53 Å². The molecule has 0 spiro atoms. The van der Waals surface area contributed by atoms with Gasteiger partial charge in [0.1, 0.15) is 0 Å². The maximum Gasteiger partial charge on any atom is 0.312 e. The van der Waals surface area contributed by atoms with Crippen LogP contribution in [0.15, 0.2) is 36.4 Å². The van der Waals surface area contributed by atoms with Crippen LogP contribution in [-0.4, -0.2) is 40.8 Å². The summed E-state index contributed by atoms with van der Waals surface area (Å²) < 4.78 is 5.49. The fourth-order valence-electron chi connectivity index (χ4n) is 4.26. The minimum Gasteiger partial charge on any atom is -0.466 e. The lowest BCUT2D eigenvalue weighted by molar-refractivity contribution is -0.159. The Kier molecular flexibility index (Phi) is 7.48. The van der Waals surface area contributed by atoms with Crippen molar-refractivity contribution in [2.75, 3.05) is 19.7 Å². The van der Waals surface area contributed by atoms with E-state index >= 15 is 0 Å². The summed E-state index contributed by atoms with van der Waals surface area (Å²) in [6.07, 6.45) is 4.48. The van der Waals surface area contributed by atoms with Crippen molar-refractivity contribution in [3.05, 3.63) is 53.3 Å². The highest BCUT2D eigenvalue weighted by atomic mass is 16.5. The van der Waals surface area contributed by atoms with Crippen LogP contribution in [0.5, 0.6) is 0 Å². The minimum absolute atomic E-state index is 0.0173. The van der Waals surface area contributed by atoms with Gasteiger partial charge in [-0.3, -0.25) is 14.8 Å². The van der Waals surface area contributed by atoms with Gasteiger partial charge in [0.25, 0.3) is 0 Å². The smallest absolute Gasteiger partial charge is 0.312 e. The average Bonchev–Trinajstić information content (AvgIpc) is 3.14. The molecule has 0 saturated carbocycles. The number of piperidine rings is 1. The number of aromatic amines is 1. The topological polar surface area (TPSA) is 58.2 Å². The maximum absolute atomic E-state index is 12.9. The third kappa shape index (κ3) is 5.92. The summed E-state index contributed by atoms with van der Waals surface area (Å²) in [5.41, 5.74) is 3.22. The second-order valence-corrected chi connectivity index (χ2v) is 8.75. The Morgan fingerprint density at radius 1 is 1.24 bits per heavy atom. The van der Waals surface area contributed by atoms with Crippen LogP contribution in [-0.2, 0) is 28.9 Å². The van der Waals surface area contributed by atoms with E-state index in [1.54, 1.807) is 0 Å². The van der Waals surface area contributed by atoms with E-state index in [0.29, 0.717) is 12.5 Å². The Bertz CT molecular complexity index is 761. The van der Waals surface area contributed by atoms with Crippen molar-refractivity contribution >= 4 is 5.97 Å². The van der Waals surface area contributed by atoms with Crippen LogP contribution in [0.1, 0.15) is 57.0 Å². The first-order valence-corrected chi connectivity index (χ1v) is 11.0. The lowest BCUT2D eigenvalue weighted by Crippen LogP contribution is -2.45. The number of rotatable bonds is 9.